The third kappa shape index (κ3) is 3.22. The summed E-state index contributed by atoms with van der Waals surface area (Å²) in [5.74, 6) is -1.92. The number of nitrogens with one attached hydrogen (secondary N) is 1. The summed E-state index contributed by atoms with van der Waals surface area (Å²) in [6.45, 7) is 0. The van der Waals surface area contributed by atoms with Gasteiger partial charge in [-0.2, -0.15) is 0 Å². The van der Waals surface area contributed by atoms with E-state index in [0.717, 1.165) is 48.3 Å². The molecule has 8 heteroatoms. The molecule has 0 amide bonds. The van der Waals surface area contributed by atoms with Crippen molar-refractivity contribution in [3.8, 4) is 11.3 Å². The second-order valence-corrected chi connectivity index (χ2v) is 8.60. The van der Waals surface area contributed by atoms with Gasteiger partial charge in [-0.05, 0) is 60.7 Å². The van der Waals surface area contributed by atoms with Gasteiger partial charge in [0.2, 0.25) is 0 Å². The largest absolute Gasteiger partial charge is 0.263 e. The Morgan fingerprint density at radius 2 is 1.81 bits per heavy atom. The Hall–Kier alpha value is -2.32. The summed E-state index contributed by atoms with van der Waals surface area (Å²) < 4.78 is 54.0. The number of aryl methyl sites for hydroxylation is 2. The Labute approximate surface area is 153 Å². The molecule has 26 heavy (non-hydrogen) atoms. The first-order valence-electron chi connectivity index (χ1n) is 7.98. The summed E-state index contributed by atoms with van der Waals surface area (Å²) in [5, 5.41) is 1.76. The van der Waals surface area contributed by atoms with Crippen molar-refractivity contribution in [2.75, 3.05) is 4.72 Å². The Balaban J connectivity index is 1.59. The van der Waals surface area contributed by atoms with Gasteiger partial charge in [0.05, 0.1) is 10.6 Å². The number of halogens is 2. The van der Waals surface area contributed by atoms with Crippen molar-refractivity contribution in [1.29, 1.82) is 0 Å². The summed E-state index contributed by atoms with van der Waals surface area (Å²) in [6.07, 6.45) is 2.90. The van der Waals surface area contributed by atoms with Crippen LogP contribution in [0.1, 0.15) is 17.5 Å². The zero-order chi connectivity index (χ0) is 18.3. The van der Waals surface area contributed by atoms with Crippen LogP contribution in [-0.4, -0.2) is 13.4 Å². The Morgan fingerprint density at radius 1 is 1.00 bits per heavy atom. The summed E-state index contributed by atoms with van der Waals surface area (Å²) in [6, 6.07) is 8.59. The molecule has 0 saturated heterocycles. The van der Waals surface area contributed by atoms with Gasteiger partial charge in [-0.25, -0.2) is 22.2 Å². The third-order valence-corrected chi connectivity index (χ3v) is 6.55. The van der Waals surface area contributed by atoms with Gasteiger partial charge in [-0.3, -0.25) is 4.72 Å². The van der Waals surface area contributed by atoms with E-state index < -0.39 is 21.7 Å². The van der Waals surface area contributed by atoms with Crippen molar-refractivity contribution in [2.45, 2.75) is 24.2 Å². The van der Waals surface area contributed by atoms with Crippen molar-refractivity contribution in [1.82, 2.24) is 4.98 Å². The Bertz CT molecular complexity index is 1090. The number of sulfonamides is 1. The van der Waals surface area contributed by atoms with Crippen LogP contribution in [0, 0.1) is 11.6 Å². The maximum Gasteiger partial charge on any atom is 0.263 e. The van der Waals surface area contributed by atoms with Gasteiger partial charge in [0, 0.05) is 10.9 Å². The molecule has 1 aromatic heterocycles. The second kappa shape index (κ2) is 6.44. The van der Waals surface area contributed by atoms with E-state index in [-0.39, 0.29) is 10.0 Å². The zero-order valence-electron chi connectivity index (χ0n) is 13.5. The molecule has 4 nitrogen and oxygen atoms in total. The van der Waals surface area contributed by atoms with Crippen molar-refractivity contribution in [3.05, 3.63) is 64.5 Å². The fraction of sp³-hybridized carbons (Fsp3) is 0.167. The molecule has 0 bridgehead atoms. The quantitative estimate of drug-likeness (QED) is 0.717. The van der Waals surface area contributed by atoms with Crippen molar-refractivity contribution < 1.29 is 17.2 Å². The molecule has 2 aromatic carbocycles. The van der Waals surface area contributed by atoms with Gasteiger partial charge in [0.15, 0.2) is 16.8 Å². The molecule has 0 saturated carbocycles. The lowest BCUT2D eigenvalue weighted by Gasteiger charge is -2.07. The van der Waals surface area contributed by atoms with Crippen molar-refractivity contribution in [2.24, 2.45) is 0 Å². The summed E-state index contributed by atoms with van der Waals surface area (Å²) in [4.78, 5) is 4.37. The van der Waals surface area contributed by atoms with E-state index in [4.69, 9.17) is 0 Å². The molecule has 1 N–H and O–H groups in total. The number of hydrogen-bond donors (Lipinski definition) is 1. The highest BCUT2D eigenvalue weighted by Crippen LogP contribution is 2.29. The molecule has 0 radical (unpaired) electrons. The van der Waals surface area contributed by atoms with Crippen LogP contribution in [-0.2, 0) is 22.9 Å². The summed E-state index contributed by atoms with van der Waals surface area (Å²) in [7, 11) is -3.75. The molecule has 0 unspecified atom stereocenters. The minimum atomic E-state index is -3.75. The molecule has 1 aliphatic rings. The topological polar surface area (TPSA) is 59.1 Å². The van der Waals surface area contributed by atoms with Crippen LogP contribution in [0.5, 0.6) is 0 Å². The van der Waals surface area contributed by atoms with Crippen LogP contribution < -0.4 is 4.72 Å². The smallest absolute Gasteiger partial charge is 0.255 e. The highest BCUT2D eigenvalue weighted by atomic mass is 32.2. The summed E-state index contributed by atoms with van der Waals surface area (Å²) in [5.41, 5.74) is 3.01. The predicted octanol–water partition coefficient (Wildman–Crippen LogP) is 4.38. The standard InChI is InChI=1S/C18H14F2N2O2S2/c19-15-7-5-13(9-16(15)20)17-10-25-18(21-17)22-26(23,24)14-6-4-11-2-1-3-12(11)8-14/h4-10H,1-3H2,(H,21,22). The van der Waals surface area contributed by atoms with Gasteiger partial charge < -0.3 is 0 Å². The SMILES string of the molecule is O=S(=O)(Nc1nc(-c2ccc(F)c(F)c2)cs1)c1ccc2c(c1)CCC2. The molecule has 0 fully saturated rings. The number of nitrogens with zero attached hydrogens (tertiary/aromatic N) is 1. The maximum atomic E-state index is 13.4. The van der Waals surface area contributed by atoms with Crippen molar-refractivity contribution >= 4 is 26.5 Å². The number of aromatic nitrogens is 1. The van der Waals surface area contributed by atoms with E-state index in [1.165, 1.54) is 11.6 Å². The normalized spacial score (nSPS) is 13.6. The van der Waals surface area contributed by atoms with E-state index in [2.05, 4.69) is 9.71 Å². The minimum absolute atomic E-state index is 0.172. The molecule has 1 aliphatic carbocycles. The lowest BCUT2D eigenvalue weighted by Crippen LogP contribution is -2.13. The van der Waals surface area contributed by atoms with Crippen LogP contribution in [0.4, 0.5) is 13.9 Å². The highest BCUT2D eigenvalue weighted by Gasteiger charge is 2.20. The average Bonchev–Trinajstić information content (AvgIpc) is 3.25. The van der Waals surface area contributed by atoms with Crippen molar-refractivity contribution in [3.63, 3.8) is 0 Å². The fourth-order valence-corrected chi connectivity index (χ4v) is 5.02. The van der Waals surface area contributed by atoms with E-state index in [0.29, 0.717) is 11.3 Å². The lowest BCUT2D eigenvalue weighted by atomic mass is 10.1. The molecule has 134 valence electrons. The van der Waals surface area contributed by atoms with Crippen LogP contribution in [0.15, 0.2) is 46.7 Å². The van der Waals surface area contributed by atoms with E-state index in [1.807, 2.05) is 6.07 Å². The lowest BCUT2D eigenvalue weighted by molar-refractivity contribution is 0.509. The van der Waals surface area contributed by atoms with Crippen LogP contribution in [0.25, 0.3) is 11.3 Å². The molecule has 3 aromatic rings. The average molecular weight is 392 g/mol. The second-order valence-electron chi connectivity index (χ2n) is 6.06. The van der Waals surface area contributed by atoms with Crippen LogP contribution in [0.3, 0.4) is 0 Å². The first-order valence-corrected chi connectivity index (χ1v) is 10.3. The van der Waals surface area contributed by atoms with Gasteiger partial charge in [-0.15, -0.1) is 11.3 Å². The zero-order valence-corrected chi connectivity index (χ0v) is 15.1. The first kappa shape index (κ1) is 17.1. The molecule has 4 rings (SSSR count). The number of benzene rings is 2. The number of anilines is 1. The highest BCUT2D eigenvalue weighted by molar-refractivity contribution is 7.93. The monoisotopic (exact) mass is 392 g/mol. The fourth-order valence-electron chi connectivity index (χ4n) is 3.00. The number of thiazole rings is 1. The minimum Gasteiger partial charge on any atom is -0.255 e. The predicted molar refractivity (Wildman–Crippen MR) is 96.7 cm³/mol. The first-order chi connectivity index (χ1) is 12.4. The maximum absolute atomic E-state index is 13.4. The Kier molecular flexibility index (Phi) is 4.24. The van der Waals surface area contributed by atoms with E-state index >= 15 is 0 Å². The van der Waals surface area contributed by atoms with Gasteiger partial charge >= 0.3 is 0 Å². The molecular formula is C18H14F2N2O2S2. The van der Waals surface area contributed by atoms with Gasteiger partial charge in [0.1, 0.15) is 0 Å². The van der Waals surface area contributed by atoms with Crippen LogP contribution in [0.2, 0.25) is 0 Å². The Morgan fingerprint density at radius 3 is 2.62 bits per heavy atom. The molecule has 1 heterocycles. The van der Waals surface area contributed by atoms with E-state index in [9.17, 15) is 17.2 Å². The van der Waals surface area contributed by atoms with Gasteiger partial charge in [0.25, 0.3) is 10.0 Å². The van der Waals surface area contributed by atoms with Crippen LogP contribution >= 0.6 is 11.3 Å². The van der Waals surface area contributed by atoms with Gasteiger partial charge in [-0.1, -0.05) is 6.07 Å². The van der Waals surface area contributed by atoms with E-state index in [1.54, 1.807) is 17.5 Å². The molecule has 0 spiro atoms. The molecule has 0 atom stereocenters. The third-order valence-electron chi connectivity index (χ3n) is 4.32. The molecule has 0 aliphatic heterocycles. The number of hydrogen-bond acceptors (Lipinski definition) is 4. The number of rotatable bonds is 4. The summed E-state index contributed by atoms with van der Waals surface area (Å²) >= 11 is 1.08. The molecular weight excluding hydrogens is 378 g/mol. The number of fused-ring (bicyclic) bond motifs is 1.